The fourth-order valence-electron chi connectivity index (χ4n) is 1.25. The first-order valence-electron chi connectivity index (χ1n) is 5.07. The molecule has 0 radical (unpaired) electrons. The van der Waals surface area contributed by atoms with Gasteiger partial charge in [-0.25, -0.2) is 4.98 Å². The number of benzene rings is 1. The van der Waals surface area contributed by atoms with Gasteiger partial charge in [-0.1, -0.05) is 24.8 Å². The van der Waals surface area contributed by atoms with Crippen LogP contribution < -0.4 is 0 Å². The van der Waals surface area contributed by atoms with E-state index in [9.17, 15) is 5.11 Å². The lowest BCUT2D eigenvalue weighted by atomic mass is 10.3. The lowest BCUT2D eigenvalue weighted by Gasteiger charge is -1.97. The number of hydrogen-bond donors (Lipinski definition) is 1. The van der Waals surface area contributed by atoms with Crippen LogP contribution in [0.3, 0.4) is 0 Å². The van der Waals surface area contributed by atoms with Crippen LogP contribution in [-0.2, 0) is 6.42 Å². The van der Waals surface area contributed by atoms with Crippen molar-refractivity contribution in [2.24, 2.45) is 0 Å². The maximum absolute atomic E-state index is 9.33. The minimum atomic E-state index is 0.281. The molecular weight excluding hydrogens is 240 g/mol. The van der Waals surface area contributed by atoms with Gasteiger partial charge in [-0.15, -0.1) is 0 Å². The average Bonchev–Trinajstić information content (AvgIpc) is 2.66. The van der Waals surface area contributed by atoms with E-state index in [0.29, 0.717) is 0 Å². The fraction of sp³-hybridized carbons (Fsp3) is 0.273. The molecule has 1 aromatic heterocycles. The van der Waals surface area contributed by atoms with Crippen molar-refractivity contribution < 1.29 is 5.11 Å². The van der Waals surface area contributed by atoms with Gasteiger partial charge in [-0.2, -0.15) is 4.37 Å². The lowest BCUT2D eigenvalue weighted by Crippen LogP contribution is -1.84. The number of hydrogen-bond acceptors (Lipinski definition) is 5. The standard InChI is InChI=1S/C11H12N2OS2/c1-2-4-10-12-11(16-13-10)15-9-6-3-5-8(14)7-9/h3,5-7,14H,2,4H2,1H3. The van der Waals surface area contributed by atoms with Gasteiger partial charge in [-0.3, -0.25) is 0 Å². The molecule has 0 aliphatic heterocycles. The molecule has 0 saturated carbocycles. The van der Waals surface area contributed by atoms with Crippen molar-refractivity contribution in [1.29, 1.82) is 0 Å². The minimum Gasteiger partial charge on any atom is -0.508 e. The SMILES string of the molecule is CCCc1nsc(Sc2cccc(O)c2)n1. The van der Waals surface area contributed by atoms with Crippen LogP contribution in [0, 0.1) is 0 Å². The van der Waals surface area contributed by atoms with Gasteiger partial charge in [0.2, 0.25) is 0 Å². The highest BCUT2D eigenvalue weighted by Gasteiger charge is 2.05. The second-order valence-electron chi connectivity index (χ2n) is 3.33. The normalized spacial score (nSPS) is 10.6. The van der Waals surface area contributed by atoms with E-state index in [1.54, 1.807) is 12.1 Å². The molecule has 1 N–H and O–H groups in total. The molecule has 0 bridgehead atoms. The van der Waals surface area contributed by atoms with E-state index in [2.05, 4.69) is 16.3 Å². The van der Waals surface area contributed by atoms with Crippen LogP contribution in [0.2, 0.25) is 0 Å². The summed E-state index contributed by atoms with van der Waals surface area (Å²) in [5.41, 5.74) is 0. The van der Waals surface area contributed by atoms with Gasteiger partial charge in [0, 0.05) is 11.3 Å². The molecule has 2 aromatic rings. The van der Waals surface area contributed by atoms with E-state index in [4.69, 9.17) is 0 Å². The van der Waals surface area contributed by atoms with Crippen LogP contribution in [0.5, 0.6) is 5.75 Å². The summed E-state index contributed by atoms with van der Waals surface area (Å²) in [4.78, 5) is 5.40. The number of aromatic nitrogens is 2. The number of rotatable bonds is 4. The number of aryl methyl sites for hydroxylation is 1. The number of phenols is 1. The molecule has 16 heavy (non-hydrogen) atoms. The number of phenolic OH excluding ortho intramolecular Hbond substituents is 1. The fourth-order valence-corrected chi connectivity index (χ4v) is 2.94. The van der Waals surface area contributed by atoms with Crippen LogP contribution in [0.15, 0.2) is 33.5 Å². The largest absolute Gasteiger partial charge is 0.508 e. The summed E-state index contributed by atoms with van der Waals surface area (Å²) >= 11 is 2.94. The van der Waals surface area contributed by atoms with Gasteiger partial charge in [0.25, 0.3) is 0 Å². The highest BCUT2D eigenvalue weighted by molar-refractivity contribution is 8.01. The van der Waals surface area contributed by atoms with Crippen molar-refractivity contribution in [3.63, 3.8) is 0 Å². The monoisotopic (exact) mass is 252 g/mol. The van der Waals surface area contributed by atoms with Gasteiger partial charge in [0.15, 0.2) is 4.34 Å². The van der Waals surface area contributed by atoms with Crippen molar-refractivity contribution in [3.8, 4) is 5.75 Å². The number of aromatic hydroxyl groups is 1. The highest BCUT2D eigenvalue weighted by atomic mass is 32.2. The molecule has 5 heteroatoms. The lowest BCUT2D eigenvalue weighted by molar-refractivity contribution is 0.474. The molecule has 1 heterocycles. The molecule has 0 amide bonds. The molecular formula is C11H12N2OS2. The van der Waals surface area contributed by atoms with Crippen LogP contribution in [0.1, 0.15) is 19.2 Å². The molecule has 0 aliphatic rings. The molecule has 0 aliphatic carbocycles. The zero-order valence-corrected chi connectivity index (χ0v) is 10.5. The van der Waals surface area contributed by atoms with Gasteiger partial charge < -0.3 is 5.11 Å². The van der Waals surface area contributed by atoms with E-state index >= 15 is 0 Å². The summed E-state index contributed by atoms with van der Waals surface area (Å²) in [5, 5.41) is 9.33. The van der Waals surface area contributed by atoms with E-state index in [0.717, 1.165) is 27.9 Å². The predicted molar refractivity (Wildman–Crippen MR) is 66.1 cm³/mol. The summed E-state index contributed by atoms with van der Waals surface area (Å²) in [6.45, 7) is 2.11. The summed E-state index contributed by atoms with van der Waals surface area (Å²) in [5.74, 6) is 1.19. The van der Waals surface area contributed by atoms with E-state index in [1.807, 2.05) is 12.1 Å². The first kappa shape index (κ1) is 11.4. The Balaban J connectivity index is 2.08. The van der Waals surface area contributed by atoms with E-state index in [-0.39, 0.29) is 5.75 Å². The second-order valence-corrected chi connectivity index (χ2v) is 5.40. The number of nitrogens with zero attached hydrogens (tertiary/aromatic N) is 2. The Bertz CT molecular complexity index is 471. The van der Waals surface area contributed by atoms with Crippen molar-refractivity contribution >= 4 is 23.3 Å². The zero-order chi connectivity index (χ0) is 11.4. The van der Waals surface area contributed by atoms with Crippen LogP contribution in [0.4, 0.5) is 0 Å². The average molecular weight is 252 g/mol. The summed E-state index contributed by atoms with van der Waals surface area (Å²) in [7, 11) is 0. The van der Waals surface area contributed by atoms with Crippen LogP contribution in [0.25, 0.3) is 0 Å². The van der Waals surface area contributed by atoms with Crippen molar-refractivity contribution in [2.75, 3.05) is 0 Å². The maximum Gasteiger partial charge on any atom is 0.174 e. The van der Waals surface area contributed by atoms with Crippen LogP contribution >= 0.6 is 23.3 Å². The summed E-state index contributed by atoms with van der Waals surface area (Å²) in [6, 6.07) is 7.16. The summed E-state index contributed by atoms with van der Waals surface area (Å²) < 4.78 is 5.20. The van der Waals surface area contributed by atoms with Crippen molar-refractivity contribution in [2.45, 2.75) is 29.0 Å². The van der Waals surface area contributed by atoms with Gasteiger partial charge >= 0.3 is 0 Å². The maximum atomic E-state index is 9.33. The molecule has 0 spiro atoms. The Labute approximate surface area is 103 Å². The quantitative estimate of drug-likeness (QED) is 0.906. The third-order valence-electron chi connectivity index (χ3n) is 1.95. The first-order valence-corrected chi connectivity index (χ1v) is 6.66. The third kappa shape index (κ3) is 2.96. The Hall–Kier alpha value is -1.07. The Morgan fingerprint density at radius 3 is 3.06 bits per heavy atom. The van der Waals surface area contributed by atoms with Gasteiger partial charge in [0.05, 0.1) is 0 Å². The van der Waals surface area contributed by atoms with E-state index < -0.39 is 0 Å². The van der Waals surface area contributed by atoms with Crippen molar-refractivity contribution in [3.05, 3.63) is 30.1 Å². The van der Waals surface area contributed by atoms with Crippen LogP contribution in [-0.4, -0.2) is 14.5 Å². The molecule has 84 valence electrons. The second kappa shape index (κ2) is 5.32. The molecule has 2 rings (SSSR count). The Morgan fingerprint density at radius 1 is 1.44 bits per heavy atom. The summed E-state index contributed by atoms with van der Waals surface area (Å²) in [6.07, 6.45) is 1.99. The molecule has 0 atom stereocenters. The first-order chi connectivity index (χ1) is 7.78. The third-order valence-corrected chi connectivity index (χ3v) is 3.72. The van der Waals surface area contributed by atoms with E-state index in [1.165, 1.54) is 23.3 Å². The Morgan fingerprint density at radius 2 is 2.31 bits per heavy atom. The minimum absolute atomic E-state index is 0.281. The predicted octanol–water partition coefficient (Wildman–Crippen LogP) is 3.35. The molecule has 0 saturated heterocycles. The Kier molecular flexibility index (Phi) is 3.79. The molecule has 0 fully saturated rings. The molecule has 1 aromatic carbocycles. The van der Waals surface area contributed by atoms with Gasteiger partial charge in [0.1, 0.15) is 11.6 Å². The smallest absolute Gasteiger partial charge is 0.174 e. The molecule has 3 nitrogen and oxygen atoms in total. The van der Waals surface area contributed by atoms with Crippen molar-refractivity contribution in [1.82, 2.24) is 9.36 Å². The highest BCUT2D eigenvalue weighted by Crippen LogP contribution is 2.30. The topological polar surface area (TPSA) is 46.0 Å². The molecule has 0 unspecified atom stereocenters. The zero-order valence-electron chi connectivity index (χ0n) is 8.88. The van der Waals surface area contributed by atoms with Gasteiger partial charge in [-0.05, 0) is 36.2 Å².